The van der Waals surface area contributed by atoms with Crippen LogP contribution in [0.25, 0.3) is 4.85 Å². The summed E-state index contributed by atoms with van der Waals surface area (Å²) in [6.45, 7) is 7.12. The Morgan fingerprint density at radius 3 is 2.75 bits per heavy atom. The second kappa shape index (κ2) is 4.40. The van der Waals surface area contributed by atoms with Gasteiger partial charge in [0, 0.05) is 6.42 Å². The number of aryl methyl sites for hydroxylation is 1. The first-order chi connectivity index (χ1) is 5.84. The van der Waals surface area contributed by atoms with E-state index in [1.165, 1.54) is 0 Å². The van der Waals surface area contributed by atoms with Crippen LogP contribution in [0, 0.1) is 6.57 Å². The van der Waals surface area contributed by atoms with Gasteiger partial charge in [0.05, 0.1) is 0 Å². The predicted octanol–water partition coefficient (Wildman–Crippen LogP) is 2.24. The van der Waals surface area contributed by atoms with Gasteiger partial charge in [0.1, 0.15) is 5.75 Å². The molecule has 2 nitrogen and oxygen atoms in total. The Hall–Kier alpha value is -1.49. The van der Waals surface area contributed by atoms with Gasteiger partial charge < -0.3 is 9.95 Å². The highest BCUT2D eigenvalue weighted by molar-refractivity contribution is 5.31. The molecule has 2 heteroatoms. The van der Waals surface area contributed by atoms with Crippen LogP contribution in [0.5, 0.6) is 5.75 Å². The van der Waals surface area contributed by atoms with Gasteiger partial charge in [0.15, 0.2) is 0 Å². The quantitative estimate of drug-likeness (QED) is 0.533. The number of hydrogen-bond donors (Lipinski definition) is 1. The van der Waals surface area contributed by atoms with Gasteiger partial charge in [-0.05, 0) is 18.1 Å². The lowest BCUT2D eigenvalue weighted by Gasteiger charge is -1.99. The second-order valence-electron chi connectivity index (χ2n) is 2.61. The third kappa shape index (κ3) is 2.28. The molecule has 0 unspecified atom stereocenters. The lowest BCUT2D eigenvalue weighted by molar-refractivity contribution is 0.467. The fourth-order valence-electron chi connectivity index (χ4n) is 1.07. The van der Waals surface area contributed by atoms with Gasteiger partial charge >= 0.3 is 0 Å². The van der Waals surface area contributed by atoms with Crippen molar-refractivity contribution in [2.45, 2.75) is 12.8 Å². The van der Waals surface area contributed by atoms with Crippen molar-refractivity contribution in [2.24, 2.45) is 0 Å². The number of nitrogens with zero attached hydrogens (tertiary/aromatic N) is 1. The number of hydrogen-bond acceptors (Lipinski definition) is 1. The van der Waals surface area contributed by atoms with E-state index in [-0.39, 0.29) is 0 Å². The fraction of sp³-hybridized carbons (Fsp3) is 0.300. The van der Waals surface area contributed by atoms with E-state index >= 15 is 0 Å². The zero-order chi connectivity index (χ0) is 8.81. The van der Waals surface area contributed by atoms with Crippen molar-refractivity contribution in [1.82, 2.24) is 0 Å². The van der Waals surface area contributed by atoms with Gasteiger partial charge in [-0.1, -0.05) is 18.2 Å². The number of phenols is 1. The maximum absolute atomic E-state index is 9.33. The number of phenolic OH excluding ortho intramolecular Hbond substituents is 1. The average Bonchev–Trinajstić information content (AvgIpc) is 2.09. The molecule has 0 atom stereocenters. The molecule has 1 aromatic carbocycles. The molecule has 0 aromatic heterocycles. The zero-order valence-electron chi connectivity index (χ0n) is 6.83. The van der Waals surface area contributed by atoms with Crippen LogP contribution in [0.2, 0.25) is 0 Å². The minimum Gasteiger partial charge on any atom is -0.508 e. The van der Waals surface area contributed by atoms with Crippen LogP contribution >= 0.6 is 0 Å². The van der Waals surface area contributed by atoms with Crippen molar-refractivity contribution in [1.29, 1.82) is 0 Å². The molecule has 0 heterocycles. The molecule has 0 spiro atoms. The first-order valence-electron chi connectivity index (χ1n) is 3.94. The topological polar surface area (TPSA) is 24.6 Å². The Morgan fingerprint density at radius 2 is 2.08 bits per heavy atom. The van der Waals surface area contributed by atoms with Gasteiger partial charge in [0.2, 0.25) is 6.54 Å². The minimum absolute atomic E-state index is 0.336. The zero-order valence-corrected chi connectivity index (χ0v) is 6.83. The van der Waals surface area contributed by atoms with Gasteiger partial charge in [-0.25, -0.2) is 6.57 Å². The molecule has 0 aliphatic carbocycles. The van der Waals surface area contributed by atoms with E-state index in [0.717, 1.165) is 18.4 Å². The molecule has 0 radical (unpaired) electrons. The molecule has 0 aliphatic heterocycles. The molecule has 12 heavy (non-hydrogen) atoms. The second-order valence-corrected chi connectivity index (χ2v) is 2.61. The molecule has 0 amide bonds. The van der Waals surface area contributed by atoms with Crippen molar-refractivity contribution in [3.63, 3.8) is 0 Å². The van der Waals surface area contributed by atoms with Crippen LogP contribution in [0.15, 0.2) is 24.3 Å². The molecular weight excluding hydrogens is 150 g/mol. The first-order valence-corrected chi connectivity index (χ1v) is 3.94. The third-order valence-corrected chi connectivity index (χ3v) is 1.71. The molecule has 1 N–H and O–H groups in total. The van der Waals surface area contributed by atoms with Crippen LogP contribution in [0.3, 0.4) is 0 Å². The summed E-state index contributed by atoms with van der Waals surface area (Å²) in [5.41, 5.74) is 0.932. The summed E-state index contributed by atoms with van der Waals surface area (Å²) in [4.78, 5) is 3.25. The lowest BCUT2D eigenvalue weighted by atomic mass is 10.1. The smallest absolute Gasteiger partial charge is 0.215 e. The van der Waals surface area contributed by atoms with E-state index in [1.54, 1.807) is 12.1 Å². The van der Waals surface area contributed by atoms with Crippen molar-refractivity contribution in [3.8, 4) is 5.75 Å². The van der Waals surface area contributed by atoms with Gasteiger partial charge in [-0.15, -0.1) is 0 Å². The molecule has 0 bridgehead atoms. The summed E-state index contributed by atoms with van der Waals surface area (Å²) < 4.78 is 0. The summed E-state index contributed by atoms with van der Waals surface area (Å²) in [6, 6.07) is 7.26. The fourth-order valence-corrected chi connectivity index (χ4v) is 1.07. The third-order valence-electron chi connectivity index (χ3n) is 1.71. The number of aromatic hydroxyl groups is 1. The number of para-hydroxylation sites is 1. The van der Waals surface area contributed by atoms with Gasteiger partial charge in [-0.3, -0.25) is 0 Å². The molecule has 0 fully saturated rings. The van der Waals surface area contributed by atoms with Crippen LogP contribution in [0.1, 0.15) is 12.0 Å². The van der Waals surface area contributed by atoms with Gasteiger partial charge in [0.25, 0.3) is 0 Å². The Bertz CT molecular complexity index is 288. The molecule has 62 valence electrons. The standard InChI is InChI=1S/C10H11NO/c1-11-8-4-6-9-5-2-3-7-10(9)12/h2-3,5,7,12H,4,6,8H2. The van der Waals surface area contributed by atoms with Crippen molar-refractivity contribution >= 4 is 0 Å². The number of benzene rings is 1. The van der Waals surface area contributed by atoms with Crippen LogP contribution in [-0.2, 0) is 6.42 Å². The van der Waals surface area contributed by atoms with Crippen molar-refractivity contribution in [3.05, 3.63) is 41.2 Å². The molecular formula is C10H11NO. The molecule has 0 saturated carbocycles. The first kappa shape index (κ1) is 8.61. The van der Waals surface area contributed by atoms with E-state index < -0.39 is 0 Å². The molecule has 0 saturated heterocycles. The normalized spacial score (nSPS) is 9.25. The Balaban J connectivity index is 2.53. The predicted molar refractivity (Wildman–Crippen MR) is 47.9 cm³/mol. The Morgan fingerprint density at radius 1 is 1.33 bits per heavy atom. The van der Waals surface area contributed by atoms with Crippen LogP contribution in [-0.4, -0.2) is 11.7 Å². The SMILES string of the molecule is [C-]#[N+]CCCc1ccccc1O. The van der Waals surface area contributed by atoms with E-state index in [1.807, 2.05) is 12.1 Å². The lowest BCUT2D eigenvalue weighted by Crippen LogP contribution is -1.87. The maximum Gasteiger partial charge on any atom is 0.215 e. The van der Waals surface area contributed by atoms with Crippen molar-refractivity contribution in [2.75, 3.05) is 6.54 Å². The Labute approximate surface area is 72.3 Å². The van der Waals surface area contributed by atoms with Crippen LogP contribution < -0.4 is 0 Å². The Kier molecular flexibility index (Phi) is 3.16. The van der Waals surface area contributed by atoms with E-state index in [9.17, 15) is 5.11 Å². The van der Waals surface area contributed by atoms with Crippen molar-refractivity contribution < 1.29 is 5.11 Å². The summed E-state index contributed by atoms with van der Waals surface area (Å²) in [5, 5.41) is 9.33. The molecule has 1 rings (SSSR count). The average molecular weight is 161 g/mol. The maximum atomic E-state index is 9.33. The highest BCUT2D eigenvalue weighted by atomic mass is 16.3. The van der Waals surface area contributed by atoms with Crippen LogP contribution in [0.4, 0.5) is 0 Å². The summed E-state index contributed by atoms with van der Waals surface area (Å²) in [6.07, 6.45) is 1.61. The highest BCUT2D eigenvalue weighted by Crippen LogP contribution is 2.16. The summed E-state index contributed by atoms with van der Waals surface area (Å²) in [5.74, 6) is 0.336. The summed E-state index contributed by atoms with van der Waals surface area (Å²) >= 11 is 0. The largest absolute Gasteiger partial charge is 0.508 e. The van der Waals surface area contributed by atoms with E-state index in [4.69, 9.17) is 6.57 Å². The molecule has 0 aliphatic rings. The van der Waals surface area contributed by atoms with E-state index in [2.05, 4.69) is 4.85 Å². The summed E-state index contributed by atoms with van der Waals surface area (Å²) in [7, 11) is 0. The number of rotatable bonds is 3. The van der Waals surface area contributed by atoms with Gasteiger partial charge in [-0.2, -0.15) is 0 Å². The highest BCUT2D eigenvalue weighted by Gasteiger charge is 1.98. The van der Waals surface area contributed by atoms with E-state index in [0.29, 0.717) is 12.3 Å². The minimum atomic E-state index is 0.336. The molecule has 1 aromatic rings. The monoisotopic (exact) mass is 161 g/mol.